The highest BCUT2D eigenvalue weighted by molar-refractivity contribution is 7.84. The van der Waals surface area contributed by atoms with Gasteiger partial charge in [0.05, 0.1) is 23.0 Å². The topological polar surface area (TPSA) is 78.9 Å². The summed E-state index contributed by atoms with van der Waals surface area (Å²) >= 11 is 0. The van der Waals surface area contributed by atoms with Crippen molar-refractivity contribution in [3.05, 3.63) is 23.8 Å². The molecule has 0 heterocycles. The molecule has 0 aromatic heterocycles. The number of rotatable bonds is 4. The van der Waals surface area contributed by atoms with Crippen molar-refractivity contribution in [2.45, 2.75) is 13.0 Å². The van der Waals surface area contributed by atoms with E-state index in [-0.39, 0.29) is 6.04 Å². The van der Waals surface area contributed by atoms with E-state index in [1.54, 1.807) is 24.5 Å². The molecule has 0 amide bonds. The first-order valence-electron chi connectivity index (χ1n) is 4.89. The van der Waals surface area contributed by atoms with Crippen LogP contribution in [0.3, 0.4) is 0 Å². The molecule has 3 N–H and O–H groups in total. The maximum absolute atomic E-state index is 11.0. The van der Waals surface area contributed by atoms with E-state index in [9.17, 15) is 4.21 Å². The number of anilines is 2. The number of nitrogen functional groups attached to an aromatic ring is 1. The maximum atomic E-state index is 11.0. The molecule has 0 fully saturated rings. The zero-order valence-electron chi connectivity index (χ0n) is 9.36. The van der Waals surface area contributed by atoms with E-state index >= 15 is 0 Å². The lowest BCUT2D eigenvalue weighted by Gasteiger charge is -2.15. The summed E-state index contributed by atoms with van der Waals surface area (Å²) in [6.07, 6.45) is 1.67. The Morgan fingerprint density at radius 1 is 1.62 bits per heavy atom. The Morgan fingerprint density at radius 3 is 2.81 bits per heavy atom. The van der Waals surface area contributed by atoms with Crippen molar-refractivity contribution in [1.29, 1.82) is 5.26 Å². The highest BCUT2D eigenvalue weighted by Crippen LogP contribution is 2.20. The van der Waals surface area contributed by atoms with Crippen LogP contribution in [0.5, 0.6) is 0 Å². The van der Waals surface area contributed by atoms with Crippen molar-refractivity contribution >= 4 is 22.2 Å². The van der Waals surface area contributed by atoms with Crippen molar-refractivity contribution in [3.8, 4) is 6.07 Å². The normalized spacial score (nSPS) is 13.8. The van der Waals surface area contributed by atoms with Crippen molar-refractivity contribution < 1.29 is 4.21 Å². The Hall–Kier alpha value is -1.54. The van der Waals surface area contributed by atoms with Crippen molar-refractivity contribution in [1.82, 2.24) is 0 Å². The van der Waals surface area contributed by atoms with E-state index in [0.29, 0.717) is 17.0 Å². The standard InChI is InChI=1S/C11H15N3OS/c1-8(7-16(2)15)14-11-4-3-9(6-12)5-10(11)13/h3-5,8,14H,7,13H2,1-2H3. The largest absolute Gasteiger partial charge is 0.397 e. The summed E-state index contributed by atoms with van der Waals surface area (Å²) in [7, 11) is -0.838. The zero-order chi connectivity index (χ0) is 12.1. The van der Waals surface area contributed by atoms with Crippen LogP contribution in [0.1, 0.15) is 12.5 Å². The second-order valence-electron chi connectivity index (χ2n) is 3.70. The van der Waals surface area contributed by atoms with E-state index in [1.165, 1.54) is 0 Å². The number of nitrogens with zero attached hydrogens (tertiary/aromatic N) is 1. The summed E-state index contributed by atoms with van der Waals surface area (Å²) in [6.45, 7) is 1.94. The lowest BCUT2D eigenvalue weighted by atomic mass is 10.2. The van der Waals surface area contributed by atoms with Gasteiger partial charge in [-0.3, -0.25) is 4.21 Å². The number of hydrogen-bond donors (Lipinski definition) is 2. The average Bonchev–Trinajstić information content (AvgIpc) is 2.19. The van der Waals surface area contributed by atoms with E-state index in [4.69, 9.17) is 11.0 Å². The Morgan fingerprint density at radius 2 is 2.31 bits per heavy atom. The molecule has 0 saturated heterocycles. The minimum Gasteiger partial charge on any atom is -0.397 e. The summed E-state index contributed by atoms with van der Waals surface area (Å²) in [4.78, 5) is 0. The van der Waals surface area contributed by atoms with Crippen LogP contribution >= 0.6 is 0 Å². The fraction of sp³-hybridized carbons (Fsp3) is 0.364. The first-order valence-corrected chi connectivity index (χ1v) is 6.62. The number of nitriles is 1. The molecule has 0 saturated carbocycles. The molecule has 0 aliphatic heterocycles. The fourth-order valence-corrected chi connectivity index (χ4v) is 2.21. The molecule has 0 bridgehead atoms. The van der Waals surface area contributed by atoms with E-state index in [2.05, 4.69) is 5.32 Å². The third-order valence-corrected chi connectivity index (χ3v) is 3.04. The number of nitrogens with two attached hydrogens (primary N) is 1. The van der Waals surface area contributed by atoms with E-state index in [0.717, 1.165) is 5.69 Å². The van der Waals surface area contributed by atoms with Gasteiger partial charge in [-0.2, -0.15) is 5.26 Å². The van der Waals surface area contributed by atoms with Gasteiger partial charge >= 0.3 is 0 Å². The summed E-state index contributed by atoms with van der Waals surface area (Å²) in [6, 6.07) is 7.20. The van der Waals surface area contributed by atoms with Crippen molar-refractivity contribution in [2.75, 3.05) is 23.1 Å². The smallest absolute Gasteiger partial charge is 0.0992 e. The van der Waals surface area contributed by atoms with Gasteiger partial charge < -0.3 is 11.1 Å². The quantitative estimate of drug-likeness (QED) is 0.774. The molecule has 4 nitrogen and oxygen atoms in total. The molecule has 86 valence electrons. The predicted molar refractivity (Wildman–Crippen MR) is 67.6 cm³/mol. The van der Waals surface area contributed by atoms with Crippen LogP contribution < -0.4 is 11.1 Å². The minimum absolute atomic E-state index is 0.0843. The molecule has 5 heteroatoms. The Bertz CT molecular complexity index is 439. The third-order valence-electron chi connectivity index (χ3n) is 2.07. The summed E-state index contributed by atoms with van der Waals surface area (Å²) in [5.74, 6) is 0.569. The molecule has 1 rings (SSSR count). The molecule has 2 atom stereocenters. The van der Waals surface area contributed by atoms with Gasteiger partial charge in [0.25, 0.3) is 0 Å². The highest BCUT2D eigenvalue weighted by atomic mass is 32.2. The van der Waals surface area contributed by atoms with Gasteiger partial charge in [-0.1, -0.05) is 0 Å². The number of hydrogen-bond acceptors (Lipinski definition) is 4. The second-order valence-corrected chi connectivity index (χ2v) is 5.18. The Kier molecular flexibility index (Phi) is 4.32. The second kappa shape index (κ2) is 5.52. The van der Waals surface area contributed by atoms with Crippen molar-refractivity contribution in [3.63, 3.8) is 0 Å². The first kappa shape index (κ1) is 12.5. The first-order chi connectivity index (χ1) is 7.52. The van der Waals surface area contributed by atoms with Gasteiger partial charge in [0.1, 0.15) is 0 Å². The monoisotopic (exact) mass is 237 g/mol. The molecule has 0 radical (unpaired) electrons. The van der Waals surface area contributed by atoms with Crippen LogP contribution in [0.4, 0.5) is 11.4 Å². The average molecular weight is 237 g/mol. The molecule has 0 spiro atoms. The Labute approximate surface area is 97.9 Å². The summed E-state index contributed by atoms with van der Waals surface area (Å²) < 4.78 is 11.0. The molecular formula is C11H15N3OS. The zero-order valence-corrected chi connectivity index (χ0v) is 10.2. The third kappa shape index (κ3) is 3.55. The predicted octanol–water partition coefficient (Wildman–Crippen LogP) is 1.32. The highest BCUT2D eigenvalue weighted by Gasteiger charge is 2.06. The molecule has 1 aromatic rings. The van der Waals surface area contributed by atoms with Crippen LogP contribution in [-0.4, -0.2) is 22.3 Å². The maximum Gasteiger partial charge on any atom is 0.0992 e. The SMILES string of the molecule is CC(CS(C)=O)Nc1ccc(C#N)cc1N. The van der Waals surface area contributed by atoms with Crippen LogP contribution in [0.2, 0.25) is 0 Å². The molecule has 2 unspecified atom stereocenters. The van der Waals surface area contributed by atoms with Crippen molar-refractivity contribution in [2.24, 2.45) is 0 Å². The molecule has 0 aliphatic rings. The van der Waals surface area contributed by atoms with Gasteiger partial charge in [-0.05, 0) is 25.1 Å². The minimum atomic E-state index is -0.838. The van der Waals surface area contributed by atoms with Crippen LogP contribution in [0, 0.1) is 11.3 Å². The molecule has 0 aliphatic carbocycles. The van der Waals surface area contributed by atoms with Crippen LogP contribution in [0.25, 0.3) is 0 Å². The number of benzene rings is 1. The van der Waals surface area contributed by atoms with Gasteiger partial charge in [-0.25, -0.2) is 0 Å². The van der Waals surface area contributed by atoms with Gasteiger partial charge in [-0.15, -0.1) is 0 Å². The lowest BCUT2D eigenvalue weighted by molar-refractivity contribution is 0.683. The van der Waals surface area contributed by atoms with Crippen LogP contribution in [-0.2, 0) is 10.8 Å². The van der Waals surface area contributed by atoms with Crippen LogP contribution in [0.15, 0.2) is 18.2 Å². The summed E-state index contributed by atoms with van der Waals surface area (Å²) in [5.41, 5.74) is 7.63. The van der Waals surface area contributed by atoms with Gasteiger partial charge in [0.15, 0.2) is 0 Å². The number of nitrogens with one attached hydrogen (secondary N) is 1. The molecule has 1 aromatic carbocycles. The Balaban J connectivity index is 2.75. The van der Waals surface area contributed by atoms with Gasteiger partial charge in [0, 0.05) is 28.9 Å². The van der Waals surface area contributed by atoms with Gasteiger partial charge in [0.2, 0.25) is 0 Å². The van der Waals surface area contributed by atoms with E-state index < -0.39 is 10.8 Å². The molecule has 16 heavy (non-hydrogen) atoms. The molecular weight excluding hydrogens is 222 g/mol. The fourth-order valence-electron chi connectivity index (χ4n) is 1.42. The summed E-state index contributed by atoms with van der Waals surface area (Å²) in [5, 5.41) is 11.9. The lowest BCUT2D eigenvalue weighted by Crippen LogP contribution is -2.22. The van der Waals surface area contributed by atoms with E-state index in [1.807, 2.05) is 13.0 Å².